The van der Waals surface area contributed by atoms with Crippen LogP contribution in [0.1, 0.15) is 5.56 Å². The lowest BCUT2D eigenvalue weighted by atomic mass is 10.2. The van der Waals surface area contributed by atoms with Gasteiger partial charge in [0.1, 0.15) is 0 Å². The highest BCUT2D eigenvalue weighted by Crippen LogP contribution is 2.25. The molecule has 0 fully saturated rings. The van der Waals surface area contributed by atoms with E-state index < -0.39 is 0 Å². The largest absolute Gasteiger partial charge is 0.0876 e. The Morgan fingerprint density at radius 1 is 0.917 bits per heavy atom. The van der Waals surface area contributed by atoms with Gasteiger partial charge in [-0.05, 0) is 16.7 Å². The van der Waals surface area contributed by atoms with Gasteiger partial charge < -0.3 is 0 Å². The van der Waals surface area contributed by atoms with Crippen LogP contribution in [0.25, 0.3) is 11.1 Å². The summed E-state index contributed by atoms with van der Waals surface area (Å²) in [4.78, 5) is 0. The summed E-state index contributed by atoms with van der Waals surface area (Å²) < 4.78 is 0. The van der Waals surface area contributed by atoms with Crippen LogP contribution >= 0.6 is 15.9 Å². The normalized spacial score (nSPS) is 10.4. The van der Waals surface area contributed by atoms with E-state index in [0.717, 1.165) is 5.33 Å². The molecule has 2 aliphatic carbocycles. The number of hydrogen-bond acceptors (Lipinski definition) is 0. The molecule has 2 rings (SSSR count). The van der Waals surface area contributed by atoms with Crippen LogP contribution in [0.5, 0.6) is 0 Å². The molecule has 0 aliphatic heterocycles. The summed E-state index contributed by atoms with van der Waals surface area (Å²) in [7, 11) is 0. The fraction of sp³-hybridized carbons (Fsp3) is 0.0909. The van der Waals surface area contributed by atoms with Gasteiger partial charge >= 0.3 is 0 Å². The average molecular weight is 221 g/mol. The standard InChI is InChI=1S/C11H9Br/c12-8-9-6-10-4-2-1-3-5-11(10)7-9/h1-7H,8H2. The van der Waals surface area contributed by atoms with Crippen molar-refractivity contribution in [2.24, 2.45) is 0 Å². The summed E-state index contributed by atoms with van der Waals surface area (Å²) in [5.74, 6) is 0. The quantitative estimate of drug-likeness (QED) is 0.644. The maximum atomic E-state index is 3.45. The third kappa shape index (κ3) is 1.37. The molecule has 1 heteroatoms. The minimum atomic E-state index is 0.936. The Balaban J connectivity index is 2.61. The highest BCUT2D eigenvalue weighted by molar-refractivity contribution is 9.08. The SMILES string of the molecule is BrCc1cc2cccccc-2c1. The number of fused-ring (bicyclic) bond motifs is 1. The van der Waals surface area contributed by atoms with Crippen LogP contribution in [-0.4, -0.2) is 0 Å². The van der Waals surface area contributed by atoms with E-state index in [4.69, 9.17) is 0 Å². The summed E-state index contributed by atoms with van der Waals surface area (Å²) in [5.41, 5.74) is 3.97. The van der Waals surface area contributed by atoms with Crippen molar-refractivity contribution in [1.82, 2.24) is 0 Å². The highest BCUT2D eigenvalue weighted by Gasteiger charge is 2.02. The van der Waals surface area contributed by atoms with Crippen LogP contribution < -0.4 is 0 Å². The number of halogens is 1. The van der Waals surface area contributed by atoms with Gasteiger partial charge in [0.15, 0.2) is 0 Å². The van der Waals surface area contributed by atoms with Gasteiger partial charge in [-0.15, -0.1) is 0 Å². The Bertz CT molecular complexity index is 323. The average Bonchev–Trinajstić information content (AvgIpc) is 2.37. The van der Waals surface area contributed by atoms with Crippen molar-refractivity contribution in [2.75, 3.05) is 0 Å². The van der Waals surface area contributed by atoms with Crippen LogP contribution in [0.15, 0.2) is 42.5 Å². The second kappa shape index (κ2) is 3.28. The predicted molar refractivity (Wildman–Crippen MR) is 55.7 cm³/mol. The first-order chi connectivity index (χ1) is 5.90. The molecule has 0 bridgehead atoms. The lowest BCUT2D eigenvalue weighted by molar-refractivity contribution is 1.51. The van der Waals surface area contributed by atoms with Crippen molar-refractivity contribution in [2.45, 2.75) is 5.33 Å². The lowest BCUT2D eigenvalue weighted by Gasteiger charge is -1.85. The smallest absolute Gasteiger partial charge is 0.0283 e. The van der Waals surface area contributed by atoms with E-state index in [-0.39, 0.29) is 0 Å². The Labute approximate surface area is 80.7 Å². The van der Waals surface area contributed by atoms with Gasteiger partial charge in [0.05, 0.1) is 0 Å². The van der Waals surface area contributed by atoms with Gasteiger partial charge in [0, 0.05) is 5.33 Å². The van der Waals surface area contributed by atoms with E-state index in [2.05, 4.69) is 52.3 Å². The zero-order valence-electron chi connectivity index (χ0n) is 6.63. The molecule has 0 heterocycles. The van der Waals surface area contributed by atoms with Crippen LogP contribution in [0.4, 0.5) is 0 Å². The van der Waals surface area contributed by atoms with E-state index in [1.807, 2.05) is 6.07 Å². The van der Waals surface area contributed by atoms with Crippen LogP contribution in [0, 0.1) is 0 Å². The molecule has 0 saturated heterocycles. The van der Waals surface area contributed by atoms with Gasteiger partial charge in [0.25, 0.3) is 0 Å². The molecule has 0 spiro atoms. The molecule has 0 aromatic rings. The molecule has 12 heavy (non-hydrogen) atoms. The van der Waals surface area contributed by atoms with E-state index in [9.17, 15) is 0 Å². The summed E-state index contributed by atoms with van der Waals surface area (Å²) in [6, 6.07) is 14.9. The molecule has 0 amide bonds. The molecule has 0 saturated carbocycles. The molecule has 0 N–H and O–H groups in total. The molecule has 0 aromatic carbocycles. The fourth-order valence-corrected chi connectivity index (χ4v) is 1.68. The third-order valence-corrected chi connectivity index (χ3v) is 2.59. The highest BCUT2D eigenvalue weighted by atomic mass is 79.9. The van der Waals surface area contributed by atoms with Gasteiger partial charge in [-0.3, -0.25) is 0 Å². The molecule has 0 aromatic heterocycles. The third-order valence-electron chi connectivity index (χ3n) is 1.94. The number of alkyl halides is 1. The monoisotopic (exact) mass is 220 g/mol. The minimum Gasteiger partial charge on any atom is -0.0876 e. The molecule has 60 valence electrons. The summed E-state index contributed by atoms with van der Waals surface area (Å²) in [5, 5.41) is 0.936. The van der Waals surface area contributed by atoms with Crippen LogP contribution in [0.3, 0.4) is 0 Å². The number of hydrogen-bond donors (Lipinski definition) is 0. The Morgan fingerprint density at radius 3 is 2.00 bits per heavy atom. The van der Waals surface area contributed by atoms with Gasteiger partial charge in [0.2, 0.25) is 0 Å². The zero-order chi connectivity index (χ0) is 8.39. The number of rotatable bonds is 1. The minimum absolute atomic E-state index is 0.936. The van der Waals surface area contributed by atoms with Crippen molar-refractivity contribution >= 4 is 15.9 Å². The van der Waals surface area contributed by atoms with E-state index in [1.54, 1.807) is 0 Å². The second-order valence-corrected chi connectivity index (χ2v) is 3.38. The first-order valence-electron chi connectivity index (χ1n) is 3.94. The van der Waals surface area contributed by atoms with E-state index in [1.165, 1.54) is 16.7 Å². The fourth-order valence-electron chi connectivity index (χ4n) is 1.36. The van der Waals surface area contributed by atoms with Crippen molar-refractivity contribution in [1.29, 1.82) is 0 Å². The molecule has 0 nitrogen and oxygen atoms in total. The maximum Gasteiger partial charge on any atom is 0.0283 e. The van der Waals surface area contributed by atoms with Gasteiger partial charge in [-0.25, -0.2) is 0 Å². The summed E-state index contributed by atoms with van der Waals surface area (Å²) in [6.07, 6.45) is 0. The first kappa shape index (κ1) is 7.81. The molecule has 0 unspecified atom stereocenters. The summed E-state index contributed by atoms with van der Waals surface area (Å²) >= 11 is 3.45. The first-order valence-corrected chi connectivity index (χ1v) is 5.06. The molecule has 2 aliphatic rings. The molecule has 0 atom stereocenters. The molecular weight excluding hydrogens is 212 g/mol. The van der Waals surface area contributed by atoms with Crippen molar-refractivity contribution in [3.05, 3.63) is 48.0 Å². The molecular formula is C11H9Br. The van der Waals surface area contributed by atoms with E-state index in [0.29, 0.717) is 0 Å². The molecule has 0 radical (unpaired) electrons. The Hall–Kier alpha value is -0.820. The zero-order valence-corrected chi connectivity index (χ0v) is 8.21. The van der Waals surface area contributed by atoms with Crippen LogP contribution in [-0.2, 0) is 5.33 Å². The summed E-state index contributed by atoms with van der Waals surface area (Å²) in [6.45, 7) is 0. The van der Waals surface area contributed by atoms with Crippen molar-refractivity contribution < 1.29 is 0 Å². The maximum absolute atomic E-state index is 3.45. The van der Waals surface area contributed by atoms with Crippen molar-refractivity contribution in [3.8, 4) is 11.1 Å². The van der Waals surface area contributed by atoms with Crippen LogP contribution in [0.2, 0.25) is 0 Å². The Morgan fingerprint density at radius 2 is 1.50 bits per heavy atom. The Kier molecular flexibility index (Phi) is 2.13. The second-order valence-electron chi connectivity index (χ2n) is 2.82. The predicted octanol–water partition coefficient (Wildman–Crippen LogP) is 3.69. The lowest BCUT2D eigenvalue weighted by Crippen LogP contribution is -1.62. The topological polar surface area (TPSA) is 0 Å². The van der Waals surface area contributed by atoms with Gasteiger partial charge in [-0.1, -0.05) is 58.4 Å². The van der Waals surface area contributed by atoms with Crippen molar-refractivity contribution in [3.63, 3.8) is 0 Å². The van der Waals surface area contributed by atoms with E-state index >= 15 is 0 Å². The van der Waals surface area contributed by atoms with Gasteiger partial charge in [-0.2, -0.15) is 0 Å².